The molecule has 0 aliphatic carbocycles. The third-order valence-corrected chi connectivity index (χ3v) is 7.75. The molecular formula is C36H50. The summed E-state index contributed by atoms with van der Waals surface area (Å²) in [7, 11) is 0. The first-order valence-electron chi connectivity index (χ1n) is 14.3. The Morgan fingerprint density at radius 2 is 0.583 bits per heavy atom. The van der Waals surface area contributed by atoms with Gasteiger partial charge in [-0.05, 0) is 97.2 Å². The van der Waals surface area contributed by atoms with Crippen LogP contribution in [-0.4, -0.2) is 0 Å². The van der Waals surface area contributed by atoms with Gasteiger partial charge in [-0.3, -0.25) is 0 Å². The molecule has 0 aliphatic heterocycles. The van der Waals surface area contributed by atoms with Crippen LogP contribution in [0.15, 0.2) is 48.5 Å². The third-order valence-electron chi connectivity index (χ3n) is 7.75. The van der Waals surface area contributed by atoms with E-state index in [1.165, 1.54) is 55.6 Å². The van der Waals surface area contributed by atoms with Gasteiger partial charge in [0.05, 0.1) is 0 Å². The van der Waals surface area contributed by atoms with Gasteiger partial charge in [0.1, 0.15) is 0 Å². The van der Waals surface area contributed by atoms with Gasteiger partial charge in [0.2, 0.25) is 0 Å². The molecule has 0 heteroatoms. The summed E-state index contributed by atoms with van der Waals surface area (Å²) in [6, 6.07) is 19.1. The van der Waals surface area contributed by atoms with Gasteiger partial charge in [0, 0.05) is 0 Å². The molecule has 0 nitrogen and oxygen atoms in total. The highest BCUT2D eigenvalue weighted by Crippen LogP contribution is 2.46. The van der Waals surface area contributed by atoms with E-state index >= 15 is 0 Å². The smallest absolute Gasteiger partial charge is 0.0111 e. The maximum Gasteiger partial charge on any atom is -0.0111 e. The fourth-order valence-electron chi connectivity index (χ4n) is 5.75. The van der Waals surface area contributed by atoms with Crippen molar-refractivity contribution in [1.29, 1.82) is 0 Å². The molecule has 0 aromatic heterocycles. The molecule has 3 aromatic carbocycles. The molecule has 0 spiro atoms. The van der Waals surface area contributed by atoms with Gasteiger partial charge in [0.25, 0.3) is 0 Å². The monoisotopic (exact) mass is 482 g/mol. The molecule has 0 atom stereocenters. The minimum absolute atomic E-state index is 0.455. The normalized spacial score (nSPS) is 12.3. The van der Waals surface area contributed by atoms with Crippen molar-refractivity contribution in [3.8, 4) is 22.3 Å². The minimum atomic E-state index is 0.455. The molecule has 0 heterocycles. The first kappa shape index (κ1) is 28.2. The summed E-state index contributed by atoms with van der Waals surface area (Å²) in [5.74, 6) is 2.80. The predicted molar refractivity (Wildman–Crippen MR) is 162 cm³/mol. The van der Waals surface area contributed by atoms with Crippen molar-refractivity contribution in [2.24, 2.45) is 0 Å². The van der Waals surface area contributed by atoms with Crippen LogP contribution < -0.4 is 0 Å². The van der Waals surface area contributed by atoms with Crippen molar-refractivity contribution in [2.75, 3.05) is 0 Å². The predicted octanol–water partition coefficient (Wildman–Crippen LogP) is 11.8. The first-order chi connectivity index (χ1) is 16.9. The topological polar surface area (TPSA) is 0 Å². The van der Waals surface area contributed by atoms with E-state index in [1.807, 2.05) is 0 Å². The Morgan fingerprint density at radius 1 is 0.333 bits per heavy atom. The summed E-state index contributed by atoms with van der Waals surface area (Å²) in [6.07, 6.45) is 0. The van der Waals surface area contributed by atoms with Gasteiger partial charge in [-0.2, -0.15) is 0 Å². The summed E-state index contributed by atoms with van der Waals surface area (Å²) in [4.78, 5) is 0. The van der Waals surface area contributed by atoms with E-state index in [1.54, 1.807) is 0 Å². The molecule has 0 amide bonds. The zero-order valence-electron chi connectivity index (χ0n) is 25.1. The van der Waals surface area contributed by atoms with E-state index in [0.29, 0.717) is 35.5 Å². The summed E-state index contributed by atoms with van der Waals surface area (Å²) >= 11 is 0. The molecule has 0 N–H and O–H groups in total. The molecule has 0 radical (unpaired) electrons. The lowest BCUT2D eigenvalue weighted by Crippen LogP contribution is -2.07. The standard InChI is InChI=1S/C36H50/c1-21(2)27-15-13-16-28(22(3)4)35(27)33-20-34(32(26(11)12)19-31(33)25(9)10)36-29(23(5)6)17-14-18-30(36)24(7)8/h13-26H,1-12H3. The maximum atomic E-state index is 2.59. The van der Waals surface area contributed by atoms with Crippen LogP contribution in [0.5, 0.6) is 0 Å². The average Bonchev–Trinajstić information content (AvgIpc) is 2.81. The van der Waals surface area contributed by atoms with Crippen LogP contribution in [-0.2, 0) is 0 Å². The Bertz CT molecular complexity index is 1040. The van der Waals surface area contributed by atoms with Gasteiger partial charge >= 0.3 is 0 Å². The number of hydrogen-bond donors (Lipinski definition) is 0. The Labute approximate surface area is 222 Å². The Kier molecular flexibility index (Phi) is 8.92. The van der Waals surface area contributed by atoms with Crippen molar-refractivity contribution < 1.29 is 0 Å². The Balaban J connectivity index is 2.57. The Morgan fingerprint density at radius 3 is 0.806 bits per heavy atom. The lowest BCUT2D eigenvalue weighted by molar-refractivity contribution is 0.818. The van der Waals surface area contributed by atoms with E-state index in [-0.39, 0.29) is 0 Å². The molecule has 36 heavy (non-hydrogen) atoms. The minimum Gasteiger partial charge on any atom is -0.0617 e. The molecular weight excluding hydrogens is 432 g/mol. The van der Waals surface area contributed by atoms with Crippen LogP contribution in [0.3, 0.4) is 0 Å². The SMILES string of the molecule is CC(C)c1cc(C(C)C)c(-c2c(C(C)C)cccc2C(C)C)cc1-c1c(C(C)C)cccc1C(C)C. The average molecular weight is 483 g/mol. The molecule has 0 unspecified atom stereocenters. The number of rotatable bonds is 8. The molecule has 3 aromatic rings. The second-order valence-electron chi connectivity index (χ2n) is 12.6. The van der Waals surface area contributed by atoms with Crippen LogP contribution in [0.2, 0.25) is 0 Å². The second-order valence-corrected chi connectivity index (χ2v) is 12.6. The van der Waals surface area contributed by atoms with Gasteiger partial charge in [-0.25, -0.2) is 0 Å². The fourth-order valence-corrected chi connectivity index (χ4v) is 5.75. The molecule has 0 fully saturated rings. The summed E-state index contributed by atoms with van der Waals surface area (Å²) < 4.78 is 0. The van der Waals surface area contributed by atoms with E-state index in [2.05, 4.69) is 132 Å². The molecule has 0 bridgehead atoms. The van der Waals surface area contributed by atoms with Crippen molar-refractivity contribution in [3.63, 3.8) is 0 Å². The zero-order valence-corrected chi connectivity index (χ0v) is 25.1. The summed E-state index contributed by atoms with van der Waals surface area (Å²) in [6.45, 7) is 28.2. The van der Waals surface area contributed by atoms with Crippen LogP contribution in [0.4, 0.5) is 0 Å². The largest absolute Gasteiger partial charge is 0.0617 e. The van der Waals surface area contributed by atoms with Gasteiger partial charge in [-0.1, -0.05) is 126 Å². The van der Waals surface area contributed by atoms with Crippen LogP contribution in [0.1, 0.15) is 152 Å². The van der Waals surface area contributed by atoms with Crippen LogP contribution in [0.25, 0.3) is 22.3 Å². The van der Waals surface area contributed by atoms with Gasteiger partial charge < -0.3 is 0 Å². The first-order valence-corrected chi connectivity index (χ1v) is 14.3. The van der Waals surface area contributed by atoms with Crippen LogP contribution >= 0.6 is 0 Å². The number of benzene rings is 3. The fraction of sp³-hybridized carbons (Fsp3) is 0.500. The lowest BCUT2D eigenvalue weighted by Gasteiger charge is -2.28. The van der Waals surface area contributed by atoms with Gasteiger partial charge in [0.15, 0.2) is 0 Å². The third kappa shape index (κ3) is 5.49. The summed E-state index contributed by atoms with van der Waals surface area (Å²) in [5.41, 5.74) is 14.6. The summed E-state index contributed by atoms with van der Waals surface area (Å²) in [5, 5.41) is 0. The van der Waals surface area contributed by atoms with Crippen molar-refractivity contribution in [3.05, 3.63) is 81.9 Å². The van der Waals surface area contributed by atoms with Crippen molar-refractivity contribution in [1.82, 2.24) is 0 Å². The molecule has 0 saturated heterocycles. The van der Waals surface area contributed by atoms with Crippen molar-refractivity contribution >= 4 is 0 Å². The Hall–Kier alpha value is -2.34. The van der Waals surface area contributed by atoms with Crippen LogP contribution in [0, 0.1) is 0 Å². The molecule has 0 aliphatic rings. The second kappa shape index (κ2) is 11.4. The lowest BCUT2D eigenvalue weighted by atomic mass is 9.76. The highest BCUT2D eigenvalue weighted by molar-refractivity contribution is 5.85. The molecule has 194 valence electrons. The molecule has 3 rings (SSSR count). The van der Waals surface area contributed by atoms with Gasteiger partial charge in [-0.15, -0.1) is 0 Å². The van der Waals surface area contributed by atoms with E-state index in [4.69, 9.17) is 0 Å². The zero-order chi connectivity index (χ0) is 26.9. The van der Waals surface area contributed by atoms with E-state index in [9.17, 15) is 0 Å². The number of hydrogen-bond acceptors (Lipinski definition) is 0. The quantitative estimate of drug-likeness (QED) is 0.299. The van der Waals surface area contributed by atoms with E-state index < -0.39 is 0 Å². The maximum absolute atomic E-state index is 2.59. The van der Waals surface area contributed by atoms with E-state index in [0.717, 1.165) is 0 Å². The highest BCUT2D eigenvalue weighted by Gasteiger charge is 2.25. The highest BCUT2D eigenvalue weighted by atomic mass is 14.3. The molecule has 0 saturated carbocycles. The van der Waals surface area contributed by atoms with Crippen molar-refractivity contribution in [2.45, 2.75) is 119 Å².